The zero-order valence-electron chi connectivity index (χ0n) is 12.5. The van der Waals surface area contributed by atoms with Crippen LogP contribution in [-0.4, -0.2) is 54.7 Å². The molecule has 2 saturated heterocycles. The molecule has 1 aromatic rings. The number of nitrogens with zero attached hydrogens (tertiary/aromatic N) is 3. The molecule has 6 nitrogen and oxygen atoms in total. The molecule has 21 heavy (non-hydrogen) atoms. The van der Waals surface area contributed by atoms with Gasteiger partial charge in [-0.05, 0) is 19.3 Å². The number of morpholine rings is 1. The number of hydrogen-bond donors (Lipinski definition) is 1. The molecule has 1 amide bonds. The standard InChI is InChI=1S/C14H22N4O2S/c1-3-6-17(2)14-16-12(15)11(21-14)13(19)18-7-9-4-5-10(8-18)20-9/h9-10H,3-8,15H2,1-2H3. The minimum Gasteiger partial charge on any atom is -0.382 e. The van der Waals surface area contributed by atoms with E-state index in [0.29, 0.717) is 23.8 Å². The molecule has 7 heteroatoms. The Morgan fingerprint density at radius 2 is 2.14 bits per heavy atom. The fourth-order valence-corrected chi connectivity index (χ4v) is 3.93. The molecule has 2 aliphatic heterocycles. The molecular weight excluding hydrogens is 288 g/mol. The molecule has 3 rings (SSSR count). The predicted molar refractivity (Wildman–Crippen MR) is 83.9 cm³/mol. The van der Waals surface area contributed by atoms with Crippen LogP contribution in [-0.2, 0) is 4.74 Å². The number of rotatable bonds is 4. The van der Waals surface area contributed by atoms with Crippen molar-refractivity contribution in [2.24, 2.45) is 0 Å². The number of nitrogens with two attached hydrogens (primary N) is 1. The summed E-state index contributed by atoms with van der Waals surface area (Å²) in [4.78, 5) is 21.5. The molecule has 116 valence electrons. The number of nitrogen functional groups attached to an aromatic ring is 1. The third-order valence-corrected chi connectivity index (χ3v) is 5.23. The highest BCUT2D eigenvalue weighted by atomic mass is 32.1. The van der Waals surface area contributed by atoms with E-state index >= 15 is 0 Å². The molecule has 0 spiro atoms. The van der Waals surface area contributed by atoms with Crippen molar-refractivity contribution in [3.63, 3.8) is 0 Å². The van der Waals surface area contributed by atoms with Gasteiger partial charge in [0.2, 0.25) is 0 Å². The van der Waals surface area contributed by atoms with Gasteiger partial charge in [0.15, 0.2) is 5.13 Å². The van der Waals surface area contributed by atoms with E-state index in [4.69, 9.17) is 10.5 Å². The molecule has 3 heterocycles. The maximum atomic E-state index is 12.7. The molecule has 2 bridgehead atoms. The van der Waals surface area contributed by atoms with E-state index in [1.165, 1.54) is 11.3 Å². The van der Waals surface area contributed by atoms with E-state index in [2.05, 4.69) is 11.9 Å². The van der Waals surface area contributed by atoms with E-state index < -0.39 is 0 Å². The molecule has 0 radical (unpaired) electrons. The Balaban J connectivity index is 1.75. The van der Waals surface area contributed by atoms with Gasteiger partial charge in [0.05, 0.1) is 12.2 Å². The predicted octanol–water partition coefficient (Wildman–Crippen LogP) is 1.57. The van der Waals surface area contributed by atoms with Gasteiger partial charge in [-0.1, -0.05) is 18.3 Å². The number of amides is 1. The second-order valence-corrected chi connectivity index (χ2v) is 6.78. The van der Waals surface area contributed by atoms with Gasteiger partial charge in [-0.2, -0.15) is 0 Å². The molecular formula is C14H22N4O2S. The minimum atomic E-state index is 0.00125. The summed E-state index contributed by atoms with van der Waals surface area (Å²) in [6.45, 7) is 4.37. The summed E-state index contributed by atoms with van der Waals surface area (Å²) < 4.78 is 5.77. The van der Waals surface area contributed by atoms with Gasteiger partial charge >= 0.3 is 0 Å². The number of hydrogen-bond acceptors (Lipinski definition) is 6. The van der Waals surface area contributed by atoms with Crippen molar-refractivity contribution in [1.82, 2.24) is 9.88 Å². The zero-order chi connectivity index (χ0) is 15.0. The van der Waals surface area contributed by atoms with Crippen molar-refractivity contribution in [3.05, 3.63) is 4.88 Å². The van der Waals surface area contributed by atoms with E-state index in [1.807, 2.05) is 16.8 Å². The largest absolute Gasteiger partial charge is 0.382 e. The fraction of sp³-hybridized carbons (Fsp3) is 0.714. The molecule has 2 unspecified atom stereocenters. The average Bonchev–Trinajstić information content (AvgIpc) is 3.01. The van der Waals surface area contributed by atoms with Crippen molar-refractivity contribution < 1.29 is 9.53 Å². The fourth-order valence-electron chi connectivity index (χ4n) is 2.99. The monoisotopic (exact) mass is 310 g/mol. The summed E-state index contributed by atoms with van der Waals surface area (Å²) in [7, 11) is 1.98. The summed E-state index contributed by atoms with van der Waals surface area (Å²) in [6.07, 6.45) is 3.54. The van der Waals surface area contributed by atoms with E-state index in [0.717, 1.165) is 30.9 Å². The maximum absolute atomic E-state index is 12.7. The van der Waals surface area contributed by atoms with Gasteiger partial charge in [0.1, 0.15) is 10.7 Å². The Kier molecular flexibility index (Phi) is 4.03. The van der Waals surface area contributed by atoms with Crippen LogP contribution in [0.5, 0.6) is 0 Å². The van der Waals surface area contributed by atoms with Gasteiger partial charge in [-0.25, -0.2) is 4.98 Å². The van der Waals surface area contributed by atoms with Crippen molar-refractivity contribution in [3.8, 4) is 0 Å². The second-order valence-electron chi connectivity index (χ2n) is 5.80. The van der Waals surface area contributed by atoms with Crippen molar-refractivity contribution >= 4 is 28.2 Å². The van der Waals surface area contributed by atoms with Crippen LogP contribution in [0, 0.1) is 0 Å². The van der Waals surface area contributed by atoms with Crippen molar-refractivity contribution in [2.75, 3.05) is 37.3 Å². The Morgan fingerprint density at radius 1 is 1.48 bits per heavy atom. The van der Waals surface area contributed by atoms with Crippen LogP contribution in [0.25, 0.3) is 0 Å². The van der Waals surface area contributed by atoms with Crippen LogP contribution in [0.3, 0.4) is 0 Å². The number of carbonyl (C=O) groups is 1. The molecule has 2 N–H and O–H groups in total. The first-order valence-electron chi connectivity index (χ1n) is 7.50. The van der Waals surface area contributed by atoms with Gasteiger partial charge in [-0.15, -0.1) is 0 Å². The lowest BCUT2D eigenvalue weighted by Crippen LogP contribution is -2.45. The summed E-state index contributed by atoms with van der Waals surface area (Å²) in [5.41, 5.74) is 5.96. The van der Waals surface area contributed by atoms with Crippen LogP contribution in [0.2, 0.25) is 0 Å². The highest BCUT2D eigenvalue weighted by Gasteiger charge is 2.37. The first kappa shape index (κ1) is 14.6. The van der Waals surface area contributed by atoms with Crippen LogP contribution < -0.4 is 10.6 Å². The highest BCUT2D eigenvalue weighted by molar-refractivity contribution is 7.18. The molecule has 0 aromatic carbocycles. The molecule has 2 atom stereocenters. The number of ether oxygens (including phenoxy) is 1. The normalized spacial score (nSPS) is 24.4. The number of fused-ring (bicyclic) bond motifs is 2. The quantitative estimate of drug-likeness (QED) is 0.914. The summed E-state index contributed by atoms with van der Waals surface area (Å²) in [5, 5.41) is 0.814. The van der Waals surface area contributed by atoms with Gasteiger partial charge in [0.25, 0.3) is 5.91 Å². The van der Waals surface area contributed by atoms with E-state index in [-0.39, 0.29) is 18.1 Å². The summed E-state index contributed by atoms with van der Waals surface area (Å²) in [5.74, 6) is 0.350. The van der Waals surface area contributed by atoms with Gasteiger partial charge < -0.3 is 20.3 Å². The van der Waals surface area contributed by atoms with Crippen LogP contribution >= 0.6 is 11.3 Å². The number of aromatic nitrogens is 1. The number of carbonyl (C=O) groups excluding carboxylic acids is 1. The Labute approximate surface area is 128 Å². The maximum Gasteiger partial charge on any atom is 0.268 e. The molecule has 0 saturated carbocycles. The Bertz CT molecular complexity index is 521. The Hall–Kier alpha value is -1.34. The average molecular weight is 310 g/mol. The topological polar surface area (TPSA) is 71.7 Å². The minimum absolute atomic E-state index is 0.00125. The lowest BCUT2D eigenvalue weighted by Gasteiger charge is -2.31. The van der Waals surface area contributed by atoms with Crippen molar-refractivity contribution in [1.29, 1.82) is 0 Å². The zero-order valence-corrected chi connectivity index (χ0v) is 13.4. The van der Waals surface area contributed by atoms with E-state index in [1.54, 1.807) is 0 Å². The molecule has 2 fully saturated rings. The number of anilines is 2. The second kappa shape index (κ2) is 5.81. The van der Waals surface area contributed by atoms with E-state index in [9.17, 15) is 4.79 Å². The molecule has 1 aromatic heterocycles. The number of likely N-dealkylation sites (tertiary alicyclic amines) is 1. The van der Waals surface area contributed by atoms with Crippen molar-refractivity contribution in [2.45, 2.75) is 38.4 Å². The third kappa shape index (κ3) is 2.85. The smallest absolute Gasteiger partial charge is 0.268 e. The SMILES string of the molecule is CCCN(C)c1nc(N)c(C(=O)N2CC3CCC(C2)O3)s1. The highest BCUT2D eigenvalue weighted by Crippen LogP contribution is 2.32. The van der Waals surface area contributed by atoms with Crippen LogP contribution in [0.1, 0.15) is 35.9 Å². The van der Waals surface area contributed by atoms with Crippen LogP contribution in [0.4, 0.5) is 10.9 Å². The first-order valence-corrected chi connectivity index (χ1v) is 8.32. The summed E-state index contributed by atoms with van der Waals surface area (Å²) in [6, 6.07) is 0. The third-order valence-electron chi connectivity index (χ3n) is 4.05. The Morgan fingerprint density at radius 3 is 2.76 bits per heavy atom. The van der Waals surface area contributed by atoms with Gasteiger partial charge in [-0.3, -0.25) is 4.79 Å². The lowest BCUT2D eigenvalue weighted by atomic mass is 10.2. The lowest BCUT2D eigenvalue weighted by molar-refractivity contribution is -0.0301. The van der Waals surface area contributed by atoms with Gasteiger partial charge in [0, 0.05) is 26.7 Å². The number of thiazole rings is 1. The first-order chi connectivity index (χ1) is 10.1. The van der Waals surface area contributed by atoms with Crippen LogP contribution in [0.15, 0.2) is 0 Å². The molecule has 2 aliphatic rings. The summed E-state index contributed by atoms with van der Waals surface area (Å²) >= 11 is 1.39. The molecule has 0 aliphatic carbocycles.